The Hall–Kier alpha value is -3.06. The lowest BCUT2D eigenvalue weighted by Crippen LogP contribution is -2.21. The van der Waals surface area contributed by atoms with Crippen LogP contribution in [-0.4, -0.2) is 28.0 Å². The maximum absolute atomic E-state index is 12.5. The second kappa shape index (κ2) is 10.3. The van der Waals surface area contributed by atoms with Crippen molar-refractivity contribution in [2.75, 3.05) is 18.4 Å². The third kappa shape index (κ3) is 6.59. The highest BCUT2D eigenvalue weighted by Gasteiger charge is 2.13. The van der Waals surface area contributed by atoms with Gasteiger partial charge in [-0.2, -0.15) is 0 Å². The lowest BCUT2D eigenvalue weighted by molar-refractivity contribution is -0.116. The van der Waals surface area contributed by atoms with Crippen molar-refractivity contribution in [1.82, 2.24) is 5.32 Å². The quantitative estimate of drug-likeness (QED) is 0.383. The minimum absolute atomic E-state index is 0.135. The number of carbonyl (C=O) groups is 1. The molecular weight excluding hydrogens is 376 g/mol. The molecule has 0 radical (unpaired) electrons. The molecule has 2 aromatic rings. The lowest BCUT2D eigenvalue weighted by Gasteiger charge is -2.09. The Balaban J connectivity index is 1.98. The summed E-state index contributed by atoms with van der Waals surface area (Å²) in [5.41, 5.74) is 1.17. The molecule has 0 atom stereocenters. The van der Waals surface area contributed by atoms with Gasteiger partial charge in [-0.3, -0.25) is 9.52 Å². The predicted octanol–water partition coefficient (Wildman–Crippen LogP) is 3.59. The Morgan fingerprint density at radius 1 is 1.07 bits per heavy atom. The lowest BCUT2D eigenvalue weighted by atomic mass is 10.2. The molecule has 0 aromatic heterocycles. The van der Waals surface area contributed by atoms with Crippen LogP contribution in [0.2, 0.25) is 0 Å². The summed E-state index contributed by atoms with van der Waals surface area (Å²) in [5.74, 6) is 0.451. The van der Waals surface area contributed by atoms with Gasteiger partial charge in [0.05, 0.1) is 12.0 Å². The van der Waals surface area contributed by atoms with Gasteiger partial charge >= 0.3 is 0 Å². The standard InChI is InChI=1S/C21H24N2O4S/c1-3-4-5-16-22-21(24)15-8-17-6-13-20(14-7-17)28(25,26)23-18-9-11-19(27-2)12-10-18/h3-4,6-15,23H,5,16H2,1-2H3,(H,22,24)/b4-3+,15-8+. The molecule has 0 aliphatic heterocycles. The summed E-state index contributed by atoms with van der Waals surface area (Å²) in [4.78, 5) is 11.9. The number of methoxy groups -OCH3 is 1. The van der Waals surface area contributed by atoms with Crippen LogP contribution in [0, 0.1) is 0 Å². The molecule has 0 bridgehead atoms. The molecule has 2 aromatic carbocycles. The Bertz CT molecular complexity index is 931. The number of hydrogen-bond acceptors (Lipinski definition) is 4. The maximum atomic E-state index is 12.5. The van der Waals surface area contributed by atoms with Crippen LogP contribution in [0.5, 0.6) is 5.75 Å². The summed E-state index contributed by atoms with van der Waals surface area (Å²) in [6.45, 7) is 2.50. The van der Waals surface area contributed by atoms with E-state index in [0.717, 1.165) is 12.0 Å². The monoisotopic (exact) mass is 400 g/mol. The SMILES string of the molecule is C/C=C/CCNC(=O)/C=C/c1ccc(S(=O)(=O)Nc2ccc(OC)cc2)cc1. The molecule has 0 aliphatic rings. The molecule has 148 valence electrons. The van der Waals surface area contributed by atoms with Crippen LogP contribution < -0.4 is 14.8 Å². The number of ether oxygens (including phenoxy) is 1. The number of amides is 1. The topological polar surface area (TPSA) is 84.5 Å². The number of carbonyl (C=O) groups excluding carboxylic acids is 1. The molecule has 7 heteroatoms. The zero-order valence-electron chi connectivity index (χ0n) is 15.9. The van der Waals surface area contributed by atoms with E-state index in [4.69, 9.17) is 4.74 Å². The van der Waals surface area contributed by atoms with Gasteiger partial charge in [0.2, 0.25) is 5.91 Å². The zero-order valence-corrected chi connectivity index (χ0v) is 16.7. The maximum Gasteiger partial charge on any atom is 0.261 e. The Labute approximate surface area is 166 Å². The number of allylic oxidation sites excluding steroid dienone is 1. The van der Waals surface area contributed by atoms with Crippen molar-refractivity contribution in [2.24, 2.45) is 0 Å². The van der Waals surface area contributed by atoms with E-state index in [-0.39, 0.29) is 10.8 Å². The second-order valence-corrected chi connectivity index (χ2v) is 7.57. The van der Waals surface area contributed by atoms with Crippen LogP contribution in [0.3, 0.4) is 0 Å². The van der Waals surface area contributed by atoms with Crippen molar-refractivity contribution in [3.63, 3.8) is 0 Å². The van der Waals surface area contributed by atoms with Crippen LogP contribution in [0.15, 0.2) is 71.7 Å². The van der Waals surface area contributed by atoms with E-state index in [9.17, 15) is 13.2 Å². The smallest absolute Gasteiger partial charge is 0.261 e. The van der Waals surface area contributed by atoms with Gasteiger partial charge in [-0.1, -0.05) is 24.3 Å². The van der Waals surface area contributed by atoms with Gasteiger partial charge in [-0.15, -0.1) is 0 Å². The molecule has 2 rings (SSSR count). The molecule has 0 fully saturated rings. The molecular formula is C21H24N2O4S. The first kappa shape index (κ1) is 21.2. The Morgan fingerprint density at radius 2 is 1.75 bits per heavy atom. The van der Waals surface area contributed by atoms with Crippen LogP contribution in [0.1, 0.15) is 18.9 Å². The Morgan fingerprint density at radius 3 is 2.36 bits per heavy atom. The van der Waals surface area contributed by atoms with Crippen LogP contribution >= 0.6 is 0 Å². The summed E-state index contributed by atoms with van der Waals surface area (Å²) in [6, 6.07) is 12.9. The van der Waals surface area contributed by atoms with E-state index in [0.29, 0.717) is 18.0 Å². The molecule has 0 aliphatic carbocycles. The summed E-state index contributed by atoms with van der Waals surface area (Å²) < 4.78 is 32.5. The molecule has 1 amide bonds. The van der Waals surface area contributed by atoms with Gasteiger partial charge in [0.15, 0.2) is 0 Å². The first-order chi connectivity index (χ1) is 13.4. The third-order valence-electron chi connectivity index (χ3n) is 3.81. The second-order valence-electron chi connectivity index (χ2n) is 5.89. The molecule has 0 unspecified atom stereocenters. The van der Waals surface area contributed by atoms with Crippen LogP contribution in [0.4, 0.5) is 5.69 Å². The van der Waals surface area contributed by atoms with Crippen molar-refractivity contribution in [2.45, 2.75) is 18.2 Å². The first-order valence-electron chi connectivity index (χ1n) is 8.78. The fourth-order valence-corrected chi connectivity index (χ4v) is 3.37. The molecule has 0 spiro atoms. The number of hydrogen-bond donors (Lipinski definition) is 2. The van der Waals surface area contributed by atoms with Gasteiger partial charge in [0.25, 0.3) is 10.0 Å². The summed E-state index contributed by atoms with van der Waals surface area (Å²) in [5, 5.41) is 2.77. The van der Waals surface area contributed by atoms with E-state index in [1.165, 1.54) is 18.2 Å². The van der Waals surface area contributed by atoms with E-state index in [1.54, 1.807) is 49.6 Å². The van der Waals surface area contributed by atoms with Gasteiger partial charge < -0.3 is 10.1 Å². The van der Waals surface area contributed by atoms with Crippen LogP contribution in [-0.2, 0) is 14.8 Å². The minimum atomic E-state index is -3.70. The normalized spacial score (nSPS) is 11.6. The van der Waals surface area contributed by atoms with Gasteiger partial charge in [-0.05, 0) is 61.4 Å². The largest absolute Gasteiger partial charge is 0.497 e. The van der Waals surface area contributed by atoms with Crippen molar-refractivity contribution in [1.29, 1.82) is 0 Å². The van der Waals surface area contributed by atoms with E-state index < -0.39 is 10.0 Å². The molecule has 6 nitrogen and oxygen atoms in total. The highest BCUT2D eigenvalue weighted by molar-refractivity contribution is 7.92. The molecule has 2 N–H and O–H groups in total. The third-order valence-corrected chi connectivity index (χ3v) is 5.20. The van der Waals surface area contributed by atoms with E-state index in [2.05, 4.69) is 10.0 Å². The average molecular weight is 401 g/mol. The number of nitrogens with one attached hydrogen (secondary N) is 2. The predicted molar refractivity (Wildman–Crippen MR) is 112 cm³/mol. The van der Waals surface area contributed by atoms with Gasteiger partial charge in [0.1, 0.15) is 5.75 Å². The van der Waals surface area contributed by atoms with Crippen LogP contribution in [0.25, 0.3) is 6.08 Å². The zero-order chi connectivity index (χ0) is 20.4. The summed E-state index contributed by atoms with van der Waals surface area (Å²) in [6.07, 6.45) is 7.75. The van der Waals surface area contributed by atoms with E-state index >= 15 is 0 Å². The summed E-state index contributed by atoms with van der Waals surface area (Å²) in [7, 11) is -2.15. The number of rotatable bonds is 9. The summed E-state index contributed by atoms with van der Waals surface area (Å²) >= 11 is 0. The van der Waals surface area contributed by atoms with Crippen molar-refractivity contribution in [3.8, 4) is 5.75 Å². The number of anilines is 1. The fraction of sp³-hybridized carbons (Fsp3) is 0.190. The molecule has 0 heterocycles. The van der Waals surface area contributed by atoms with E-state index in [1.807, 2.05) is 19.1 Å². The molecule has 0 saturated carbocycles. The minimum Gasteiger partial charge on any atom is -0.497 e. The number of sulfonamides is 1. The van der Waals surface area contributed by atoms with Crippen molar-refractivity contribution >= 4 is 27.7 Å². The molecule has 0 saturated heterocycles. The van der Waals surface area contributed by atoms with Crippen molar-refractivity contribution < 1.29 is 17.9 Å². The Kier molecular flexibility index (Phi) is 7.83. The first-order valence-corrected chi connectivity index (χ1v) is 10.3. The van der Waals surface area contributed by atoms with Crippen molar-refractivity contribution in [3.05, 3.63) is 72.3 Å². The highest BCUT2D eigenvalue weighted by atomic mass is 32.2. The van der Waals surface area contributed by atoms with Gasteiger partial charge in [0, 0.05) is 18.3 Å². The fourth-order valence-electron chi connectivity index (χ4n) is 2.31. The number of benzene rings is 2. The van der Waals surface area contributed by atoms with Gasteiger partial charge in [-0.25, -0.2) is 8.42 Å². The highest BCUT2D eigenvalue weighted by Crippen LogP contribution is 2.19. The average Bonchev–Trinajstić information content (AvgIpc) is 2.70. The molecule has 28 heavy (non-hydrogen) atoms.